The van der Waals surface area contributed by atoms with Gasteiger partial charge >= 0.3 is 0 Å². The first-order chi connectivity index (χ1) is 12.3. The van der Waals surface area contributed by atoms with Gasteiger partial charge in [-0.1, -0.05) is 6.07 Å². The summed E-state index contributed by atoms with van der Waals surface area (Å²) in [5.74, 6) is -0.290. The number of hydrogen-bond acceptors (Lipinski definition) is 5. The lowest BCUT2D eigenvalue weighted by atomic mass is 10.1. The van der Waals surface area contributed by atoms with Crippen LogP contribution in [0.5, 0.6) is 5.75 Å². The van der Waals surface area contributed by atoms with Gasteiger partial charge in [-0.3, -0.25) is 9.36 Å². The Morgan fingerprint density at radius 3 is 2.62 bits per heavy atom. The lowest BCUT2D eigenvalue weighted by Crippen LogP contribution is -2.14. The van der Waals surface area contributed by atoms with Gasteiger partial charge in [-0.05, 0) is 44.0 Å². The highest BCUT2D eigenvalue weighted by atomic mass is 16.3. The number of hydrogen-bond donors (Lipinski definition) is 3. The van der Waals surface area contributed by atoms with Crippen LogP contribution in [-0.4, -0.2) is 30.2 Å². The molecular weight excluding hydrogens is 332 g/mol. The lowest BCUT2D eigenvalue weighted by Gasteiger charge is -2.16. The zero-order valence-electron chi connectivity index (χ0n) is 14.6. The fourth-order valence-electron chi connectivity index (χ4n) is 3.54. The molecule has 0 aliphatic rings. The maximum atomic E-state index is 12.1. The largest absolute Gasteiger partial charge is 0.508 e. The summed E-state index contributed by atoms with van der Waals surface area (Å²) in [5, 5.41) is 15.1. The second-order valence-corrected chi connectivity index (χ2v) is 6.40. The van der Waals surface area contributed by atoms with Crippen molar-refractivity contribution < 1.29 is 9.90 Å². The van der Waals surface area contributed by atoms with E-state index in [1.54, 1.807) is 28.1 Å². The van der Waals surface area contributed by atoms with E-state index in [-0.39, 0.29) is 17.1 Å². The fraction of sp³-hybridized carbons (Fsp3) is 0.167. The Labute approximate surface area is 148 Å². The topological polar surface area (TPSA) is 124 Å². The lowest BCUT2D eigenvalue weighted by molar-refractivity contribution is 0.100. The van der Waals surface area contributed by atoms with E-state index in [9.17, 15) is 9.90 Å². The summed E-state index contributed by atoms with van der Waals surface area (Å²) in [6.07, 6.45) is 1.45. The van der Waals surface area contributed by atoms with E-state index in [1.165, 1.54) is 6.33 Å². The molecule has 8 nitrogen and oxygen atoms in total. The number of aromatic hydroxyl groups is 1. The molecule has 3 aromatic heterocycles. The number of pyridine rings is 1. The minimum atomic E-state index is -0.624. The highest BCUT2D eigenvalue weighted by molar-refractivity contribution is 6.11. The molecule has 0 atom stereocenters. The molecular formula is C18H18N6O2. The number of phenolic OH excluding ortho intramolecular Hbond substituents is 1. The Bertz CT molecular complexity index is 1220. The standard InChI is InChI=1S/C18H18N6O2/c1-8-4-5-12(25)10(3)14(8)23-15(19)13(16(20)26)11-6-9(2)17-21-7-22-24(17)18(11)23/h4-7,25H,19H2,1-3H3,(H2,20,26). The summed E-state index contributed by atoms with van der Waals surface area (Å²) >= 11 is 0. The van der Waals surface area contributed by atoms with Crippen molar-refractivity contribution in [1.29, 1.82) is 0 Å². The average molecular weight is 350 g/mol. The summed E-state index contributed by atoms with van der Waals surface area (Å²) in [4.78, 5) is 16.4. The van der Waals surface area contributed by atoms with Gasteiger partial charge in [0.05, 0.1) is 11.3 Å². The Kier molecular flexibility index (Phi) is 3.20. The number of nitrogen functional groups attached to an aromatic ring is 1. The van der Waals surface area contributed by atoms with Crippen LogP contribution in [0.15, 0.2) is 24.5 Å². The predicted molar refractivity (Wildman–Crippen MR) is 98.6 cm³/mol. The van der Waals surface area contributed by atoms with Gasteiger partial charge in [0.1, 0.15) is 17.9 Å². The van der Waals surface area contributed by atoms with Gasteiger partial charge in [0.2, 0.25) is 0 Å². The predicted octanol–water partition coefficient (Wildman–Crippen LogP) is 1.99. The molecule has 0 aliphatic heterocycles. The van der Waals surface area contributed by atoms with Crippen LogP contribution in [0.2, 0.25) is 0 Å². The minimum Gasteiger partial charge on any atom is -0.508 e. The molecule has 8 heteroatoms. The first kappa shape index (κ1) is 15.9. The molecule has 4 aromatic rings. The molecule has 4 rings (SSSR count). The SMILES string of the molecule is Cc1ccc(O)c(C)c1-n1c(N)c(C(N)=O)c2cc(C)c3ncnn3c21. The second kappa shape index (κ2) is 5.22. The monoisotopic (exact) mass is 350 g/mol. The normalized spacial score (nSPS) is 11.5. The number of aromatic nitrogens is 4. The highest BCUT2D eigenvalue weighted by Gasteiger charge is 2.25. The maximum absolute atomic E-state index is 12.1. The number of nitrogens with zero attached hydrogens (tertiary/aromatic N) is 4. The summed E-state index contributed by atoms with van der Waals surface area (Å²) < 4.78 is 3.34. The van der Waals surface area contributed by atoms with Gasteiger partial charge in [0.25, 0.3) is 5.91 Å². The van der Waals surface area contributed by atoms with Gasteiger partial charge < -0.3 is 16.6 Å². The van der Waals surface area contributed by atoms with E-state index in [0.717, 1.165) is 11.1 Å². The number of carbonyl (C=O) groups excluding carboxylic acids is 1. The third-order valence-electron chi connectivity index (χ3n) is 4.76. The molecule has 0 spiro atoms. The van der Waals surface area contributed by atoms with Gasteiger partial charge in [-0.15, -0.1) is 0 Å². The van der Waals surface area contributed by atoms with Gasteiger partial charge in [0, 0.05) is 10.9 Å². The summed E-state index contributed by atoms with van der Waals surface area (Å²) in [5.41, 5.74) is 16.5. The molecule has 132 valence electrons. The van der Waals surface area contributed by atoms with E-state index in [4.69, 9.17) is 11.5 Å². The number of aryl methyl sites for hydroxylation is 2. The number of phenols is 1. The van der Waals surface area contributed by atoms with E-state index >= 15 is 0 Å². The molecule has 0 saturated carbocycles. The number of primary amides is 1. The van der Waals surface area contributed by atoms with Crippen LogP contribution in [0.1, 0.15) is 27.0 Å². The second-order valence-electron chi connectivity index (χ2n) is 6.40. The van der Waals surface area contributed by atoms with Crippen LogP contribution in [-0.2, 0) is 0 Å². The molecule has 0 unspecified atom stereocenters. The van der Waals surface area contributed by atoms with Crippen molar-refractivity contribution in [3.05, 3.63) is 46.8 Å². The minimum absolute atomic E-state index is 0.134. The maximum Gasteiger partial charge on any atom is 0.253 e. The third-order valence-corrected chi connectivity index (χ3v) is 4.76. The Morgan fingerprint density at radius 1 is 1.19 bits per heavy atom. The van der Waals surface area contributed by atoms with Crippen LogP contribution < -0.4 is 11.5 Å². The summed E-state index contributed by atoms with van der Waals surface area (Å²) in [7, 11) is 0. The van der Waals surface area contributed by atoms with Crippen molar-refractivity contribution in [2.24, 2.45) is 5.73 Å². The van der Waals surface area contributed by atoms with E-state index in [0.29, 0.717) is 27.9 Å². The summed E-state index contributed by atoms with van der Waals surface area (Å²) in [6.45, 7) is 5.58. The molecule has 3 heterocycles. The number of nitrogens with two attached hydrogens (primary N) is 2. The van der Waals surface area contributed by atoms with Gasteiger partial charge in [0.15, 0.2) is 11.3 Å². The van der Waals surface area contributed by atoms with E-state index < -0.39 is 5.91 Å². The molecule has 1 aromatic carbocycles. The number of amides is 1. The molecule has 26 heavy (non-hydrogen) atoms. The molecule has 1 amide bonds. The van der Waals surface area contributed by atoms with Crippen LogP contribution in [0, 0.1) is 20.8 Å². The first-order valence-electron chi connectivity index (χ1n) is 8.05. The van der Waals surface area contributed by atoms with Crippen molar-refractivity contribution in [1.82, 2.24) is 19.2 Å². The Balaban J connectivity index is 2.31. The van der Waals surface area contributed by atoms with Crippen LogP contribution in [0.3, 0.4) is 0 Å². The number of carbonyl (C=O) groups is 1. The third kappa shape index (κ3) is 1.92. The molecule has 0 fully saturated rings. The van der Waals surface area contributed by atoms with Crippen molar-refractivity contribution >= 4 is 28.4 Å². The number of benzene rings is 1. The number of fused-ring (bicyclic) bond motifs is 3. The fourth-order valence-corrected chi connectivity index (χ4v) is 3.54. The smallest absolute Gasteiger partial charge is 0.253 e. The summed E-state index contributed by atoms with van der Waals surface area (Å²) in [6, 6.07) is 5.25. The van der Waals surface area contributed by atoms with Gasteiger partial charge in [-0.25, -0.2) is 4.98 Å². The van der Waals surface area contributed by atoms with Gasteiger partial charge in [-0.2, -0.15) is 9.61 Å². The van der Waals surface area contributed by atoms with Crippen LogP contribution in [0.25, 0.3) is 22.4 Å². The first-order valence-corrected chi connectivity index (χ1v) is 8.05. The number of rotatable bonds is 2. The Hall–Kier alpha value is -3.55. The zero-order valence-corrected chi connectivity index (χ0v) is 14.6. The van der Waals surface area contributed by atoms with Crippen LogP contribution >= 0.6 is 0 Å². The molecule has 0 radical (unpaired) electrons. The molecule has 0 aliphatic carbocycles. The Morgan fingerprint density at radius 2 is 1.92 bits per heavy atom. The zero-order chi connectivity index (χ0) is 18.7. The van der Waals surface area contributed by atoms with E-state index in [2.05, 4.69) is 10.1 Å². The molecule has 0 saturated heterocycles. The van der Waals surface area contributed by atoms with Crippen molar-refractivity contribution in [3.63, 3.8) is 0 Å². The van der Waals surface area contributed by atoms with Crippen molar-refractivity contribution in [2.45, 2.75) is 20.8 Å². The van der Waals surface area contributed by atoms with Crippen LogP contribution in [0.4, 0.5) is 5.82 Å². The van der Waals surface area contributed by atoms with Crippen molar-refractivity contribution in [2.75, 3.05) is 5.73 Å². The average Bonchev–Trinajstić information content (AvgIpc) is 3.15. The molecule has 0 bridgehead atoms. The van der Waals surface area contributed by atoms with E-state index in [1.807, 2.05) is 19.9 Å². The highest BCUT2D eigenvalue weighted by Crippen LogP contribution is 2.36. The number of anilines is 1. The molecule has 5 N–H and O–H groups in total. The van der Waals surface area contributed by atoms with Crippen molar-refractivity contribution in [3.8, 4) is 11.4 Å². The quantitative estimate of drug-likeness (QED) is 0.510.